The Hall–Kier alpha value is -3.22. The normalized spacial score (nSPS) is 11.3. The summed E-state index contributed by atoms with van der Waals surface area (Å²) in [7, 11) is 0. The highest BCUT2D eigenvalue weighted by atomic mass is 16.5. The fraction of sp³-hybridized carbons (Fsp3) is 0.222. The van der Waals surface area contributed by atoms with Crippen LogP contribution in [0.1, 0.15) is 29.4 Å². The molecule has 128 valence electrons. The van der Waals surface area contributed by atoms with E-state index in [1.54, 1.807) is 17.5 Å². The molecule has 0 saturated carbocycles. The first-order valence-electron chi connectivity index (χ1n) is 7.95. The van der Waals surface area contributed by atoms with Crippen molar-refractivity contribution in [2.75, 3.05) is 6.61 Å². The number of aryl methyl sites for hydroxylation is 1. The topological polar surface area (TPSA) is 88.5 Å². The van der Waals surface area contributed by atoms with Gasteiger partial charge in [-0.25, -0.2) is 9.78 Å². The van der Waals surface area contributed by atoms with Gasteiger partial charge in [0, 0.05) is 6.20 Å². The molecule has 0 bridgehead atoms. The third-order valence-corrected chi connectivity index (χ3v) is 3.59. The number of nitrogens with zero attached hydrogens (tertiary/aromatic N) is 4. The van der Waals surface area contributed by atoms with E-state index in [1.165, 1.54) is 12.1 Å². The molecule has 0 unspecified atom stereocenters. The summed E-state index contributed by atoms with van der Waals surface area (Å²) >= 11 is 0. The standard InChI is InChI=1S/C18H18N4O3/c1-3-10-25-15-7-5-4-6-14(15)20-21-17-12(2)19-16-11-13(18(23)24)8-9-22(16)17/h4-9,11H,3,10H2,1-2H3,(H,23,24). The van der Waals surface area contributed by atoms with E-state index in [4.69, 9.17) is 9.84 Å². The number of carbonyl (C=O) groups is 1. The van der Waals surface area contributed by atoms with Gasteiger partial charge >= 0.3 is 5.97 Å². The molecular formula is C18H18N4O3. The largest absolute Gasteiger partial charge is 0.491 e. The lowest BCUT2D eigenvalue weighted by Crippen LogP contribution is -1.97. The van der Waals surface area contributed by atoms with Crippen LogP contribution >= 0.6 is 0 Å². The van der Waals surface area contributed by atoms with Crippen LogP contribution in [0.25, 0.3) is 5.65 Å². The number of rotatable bonds is 6. The van der Waals surface area contributed by atoms with Gasteiger partial charge in [-0.2, -0.15) is 0 Å². The molecule has 0 amide bonds. The molecule has 0 saturated heterocycles. The number of benzene rings is 1. The molecule has 2 heterocycles. The summed E-state index contributed by atoms with van der Waals surface area (Å²) in [6, 6.07) is 10.4. The van der Waals surface area contributed by atoms with Crippen molar-refractivity contribution in [2.24, 2.45) is 10.2 Å². The Bertz CT molecular complexity index is 947. The maximum absolute atomic E-state index is 11.1. The fourth-order valence-electron chi connectivity index (χ4n) is 2.38. The molecule has 0 radical (unpaired) electrons. The molecule has 7 heteroatoms. The number of pyridine rings is 1. The molecule has 25 heavy (non-hydrogen) atoms. The average Bonchev–Trinajstić information content (AvgIpc) is 2.93. The first-order valence-corrected chi connectivity index (χ1v) is 7.95. The minimum absolute atomic E-state index is 0.180. The van der Waals surface area contributed by atoms with E-state index >= 15 is 0 Å². The second-order valence-corrected chi connectivity index (χ2v) is 5.49. The van der Waals surface area contributed by atoms with Crippen molar-refractivity contribution in [2.45, 2.75) is 20.3 Å². The molecule has 0 atom stereocenters. The van der Waals surface area contributed by atoms with E-state index in [2.05, 4.69) is 15.2 Å². The van der Waals surface area contributed by atoms with Gasteiger partial charge in [-0.15, -0.1) is 10.2 Å². The average molecular weight is 338 g/mol. The number of aromatic nitrogens is 2. The van der Waals surface area contributed by atoms with Gasteiger partial charge in [-0.3, -0.25) is 4.40 Å². The summed E-state index contributed by atoms with van der Waals surface area (Å²) in [6.07, 6.45) is 2.54. The number of azo groups is 1. The van der Waals surface area contributed by atoms with Crippen LogP contribution in [0.2, 0.25) is 0 Å². The van der Waals surface area contributed by atoms with Gasteiger partial charge in [0.25, 0.3) is 0 Å². The van der Waals surface area contributed by atoms with Gasteiger partial charge < -0.3 is 9.84 Å². The first kappa shape index (κ1) is 16.6. The lowest BCUT2D eigenvalue weighted by molar-refractivity contribution is 0.0697. The zero-order chi connectivity index (χ0) is 17.8. The van der Waals surface area contributed by atoms with E-state index in [9.17, 15) is 4.79 Å². The molecule has 0 aliphatic heterocycles. The van der Waals surface area contributed by atoms with Gasteiger partial charge in [-0.05, 0) is 37.6 Å². The number of carboxylic acids is 1. The lowest BCUT2D eigenvalue weighted by atomic mass is 10.3. The molecule has 1 N–H and O–H groups in total. The second-order valence-electron chi connectivity index (χ2n) is 5.49. The van der Waals surface area contributed by atoms with Gasteiger partial charge in [-0.1, -0.05) is 19.1 Å². The molecule has 2 aromatic heterocycles. The molecule has 0 spiro atoms. The van der Waals surface area contributed by atoms with Crippen LogP contribution in [0.3, 0.4) is 0 Å². The van der Waals surface area contributed by atoms with Crippen LogP contribution in [0.5, 0.6) is 5.75 Å². The first-order chi connectivity index (χ1) is 12.1. The number of imidazole rings is 1. The Morgan fingerprint density at radius 3 is 2.84 bits per heavy atom. The summed E-state index contributed by atoms with van der Waals surface area (Å²) in [6.45, 7) is 4.46. The van der Waals surface area contributed by atoms with E-state index in [0.29, 0.717) is 35.2 Å². The van der Waals surface area contributed by atoms with Crippen LogP contribution in [0, 0.1) is 6.92 Å². The summed E-state index contributed by atoms with van der Waals surface area (Å²) in [4.78, 5) is 15.4. The lowest BCUT2D eigenvalue weighted by Gasteiger charge is -2.06. The quantitative estimate of drug-likeness (QED) is 0.668. The highest BCUT2D eigenvalue weighted by Crippen LogP contribution is 2.30. The van der Waals surface area contributed by atoms with Crippen LogP contribution in [0.4, 0.5) is 11.5 Å². The summed E-state index contributed by atoms with van der Waals surface area (Å²) in [5, 5.41) is 17.7. The molecule has 0 fully saturated rings. The number of hydrogen-bond acceptors (Lipinski definition) is 5. The van der Waals surface area contributed by atoms with Crippen molar-refractivity contribution in [3.8, 4) is 5.75 Å². The third kappa shape index (κ3) is 3.50. The van der Waals surface area contributed by atoms with Gasteiger partial charge in [0.1, 0.15) is 17.1 Å². The van der Waals surface area contributed by atoms with Gasteiger partial charge in [0.15, 0.2) is 5.82 Å². The predicted molar refractivity (Wildman–Crippen MR) is 93.3 cm³/mol. The molecule has 1 aromatic carbocycles. The Labute approximate surface area is 144 Å². The van der Waals surface area contributed by atoms with E-state index in [-0.39, 0.29) is 5.56 Å². The van der Waals surface area contributed by atoms with E-state index in [0.717, 1.165) is 6.42 Å². The van der Waals surface area contributed by atoms with E-state index in [1.807, 2.05) is 31.2 Å². The van der Waals surface area contributed by atoms with Crippen molar-refractivity contribution in [1.82, 2.24) is 9.38 Å². The minimum Gasteiger partial charge on any atom is -0.491 e. The number of carboxylic acid groups (broad SMARTS) is 1. The van der Waals surface area contributed by atoms with Crippen LogP contribution in [-0.2, 0) is 0 Å². The number of ether oxygens (including phenoxy) is 1. The highest BCUT2D eigenvalue weighted by Gasteiger charge is 2.11. The Morgan fingerprint density at radius 1 is 1.28 bits per heavy atom. The van der Waals surface area contributed by atoms with Crippen molar-refractivity contribution >= 4 is 23.1 Å². The maximum atomic E-state index is 11.1. The Kier molecular flexibility index (Phi) is 4.74. The summed E-state index contributed by atoms with van der Waals surface area (Å²) < 4.78 is 7.38. The zero-order valence-electron chi connectivity index (χ0n) is 14.0. The Balaban J connectivity index is 1.97. The van der Waals surface area contributed by atoms with Crippen molar-refractivity contribution in [3.63, 3.8) is 0 Å². The summed E-state index contributed by atoms with van der Waals surface area (Å²) in [5.41, 5.74) is 1.99. The van der Waals surface area contributed by atoms with Crippen LogP contribution in [0.15, 0.2) is 52.8 Å². The monoisotopic (exact) mass is 338 g/mol. The van der Waals surface area contributed by atoms with Crippen molar-refractivity contribution < 1.29 is 14.6 Å². The second kappa shape index (κ2) is 7.12. The van der Waals surface area contributed by atoms with Gasteiger partial charge in [0.05, 0.1) is 17.9 Å². The molecule has 3 aromatic rings. The molecule has 0 aliphatic carbocycles. The number of para-hydroxylation sites is 1. The molecule has 3 rings (SSSR count). The SMILES string of the molecule is CCCOc1ccccc1N=Nc1c(C)nc2cc(C(=O)O)ccn12. The van der Waals surface area contributed by atoms with E-state index < -0.39 is 5.97 Å². The van der Waals surface area contributed by atoms with Crippen molar-refractivity contribution in [3.05, 3.63) is 53.9 Å². The molecule has 7 nitrogen and oxygen atoms in total. The Morgan fingerprint density at radius 2 is 2.08 bits per heavy atom. The number of aromatic carboxylic acids is 1. The fourth-order valence-corrected chi connectivity index (χ4v) is 2.38. The van der Waals surface area contributed by atoms with Crippen molar-refractivity contribution in [1.29, 1.82) is 0 Å². The maximum Gasteiger partial charge on any atom is 0.335 e. The number of hydrogen-bond donors (Lipinski definition) is 1. The molecular weight excluding hydrogens is 320 g/mol. The van der Waals surface area contributed by atoms with Crippen LogP contribution in [-0.4, -0.2) is 27.1 Å². The summed E-state index contributed by atoms with van der Waals surface area (Å²) in [5.74, 6) is 0.235. The highest BCUT2D eigenvalue weighted by molar-refractivity contribution is 5.88. The smallest absolute Gasteiger partial charge is 0.335 e. The predicted octanol–water partition coefficient (Wildman–Crippen LogP) is 4.55. The third-order valence-electron chi connectivity index (χ3n) is 3.59. The number of fused-ring (bicyclic) bond motifs is 1. The zero-order valence-corrected chi connectivity index (χ0v) is 14.0. The van der Waals surface area contributed by atoms with Gasteiger partial charge in [0.2, 0.25) is 0 Å². The molecule has 0 aliphatic rings. The van der Waals surface area contributed by atoms with Crippen LogP contribution < -0.4 is 4.74 Å². The minimum atomic E-state index is -0.992.